The van der Waals surface area contributed by atoms with Gasteiger partial charge in [0.15, 0.2) is 0 Å². The summed E-state index contributed by atoms with van der Waals surface area (Å²) in [4.78, 5) is 35.5. The Kier molecular flexibility index (Phi) is 9.95. The van der Waals surface area contributed by atoms with Crippen molar-refractivity contribution in [3.63, 3.8) is 0 Å². The van der Waals surface area contributed by atoms with E-state index < -0.39 is 18.1 Å². The first-order chi connectivity index (χ1) is 18.4. The first-order valence-electron chi connectivity index (χ1n) is 12.0. The van der Waals surface area contributed by atoms with E-state index in [9.17, 15) is 27.9 Å². The Balaban J connectivity index is 0.000000532. The van der Waals surface area contributed by atoms with Crippen LogP contribution in [0.4, 0.5) is 24.5 Å². The zero-order valence-corrected chi connectivity index (χ0v) is 21.4. The van der Waals surface area contributed by atoms with Gasteiger partial charge in [-0.15, -0.1) is 0 Å². The lowest BCUT2D eigenvalue weighted by molar-refractivity contribution is -0.192. The maximum atomic E-state index is 12.5. The normalized spacial score (nSPS) is 13.7. The number of alkyl halides is 3. The highest BCUT2D eigenvalue weighted by Gasteiger charge is 2.38. The van der Waals surface area contributed by atoms with Crippen molar-refractivity contribution in [3.05, 3.63) is 94.5 Å². The van der Waals surface area contributed by atoms with E-state index in [0.717, 1.165) is 38.0 Å². The lowest BCUT2D eigenvalue weighted by atomic mass is 9.90. The third-order valence-corrected chi connectivity index (χ3v) is 6.43. The first kappa shape index (κ1) is 29.5. The number of halogens is 4. The highest BCUT2D eigenvalue weighted by Crippen LogP contribution is 2.29. The molecule has 1 aliphatic rings. The van der Waals surface area contributed by atoms with Crippen molar-refractivity contribution in [2.24, 2.45) is 5.92 Å². The summed E-state index contributed by atoms with van der Waals surface area (Å²) < 4.78 is 31.7. The number of carbonyl (C=O) groups excluding carboxylic acids is 1. The van der Waals surface area contributed by atoms with Gasteiger partial charge in [0.25, 0.3) is 5.91 Å². The number of amides is 1. The molecule has 0 unspecified atom stereocenters. The molecule has 0 spiro atoms. The van der Waals surface area contributed by atoms with Gasteiger partial charge in [0.1, 0.15) is 0 Å². The topological polar surface area (TPSA) is 107 Å². The second kappa shape index (κ2) is 13.1. The van der Waals surface area contributed by atoms with Gasteiger partial charge in [-0.1, -0.05) is 41.9 Å². The van der Waals surface area contributed by atoms with E-state index in [-0.39, 0.29) is 17.2 Å². The Morgan fingerprint density at radius 2 is 1.51 bits per heavy atom. The first-order valence-corrected chi connectivity index (χ1v) is 12.3. The molecule has 0 bridgehead atoms. The molecule has 11 heteroatoms. The number of nitrogens with one attached hydrogen (secondary N) is 1. The van der Waals surface area contributed by atoms with Crippen molar-refractivity contribution in [1.29, 1.82) is 0 Å². The van der Waals surface area contributed by atoms with E-state index in [4.69, 9.17) is 21.5 Å². The maximum absolute atomic E-state index is 12.5. The molecule has 39 heavy (non-hydrogen) atoms. The number of piperidine rings is 1. The molecule has 206 valence electrons. The van der Waals surface area contributed by atoms with Crippen molar-refractivity contribution in [3.8, 4) is 0 Å². The molecule has 1 amide bonds. The fraction of sp³-hybridized carbons (Fsp3) is 0.250. The van der Waals surface area contributed by atoms with E-state index in [2.05, 4.69) is 34.5 Å². The summed E-state index contributed by atoms with van der Waals surface area (Å²) in [5, 5.41) is 20.1. The van der Waals surface area contributed by atoms with Crippen LogP contribution in [0.2, 0.25) is 5.02 Å². The minimum absolute atomic E-state index is 0.0798. The van der Waals surface area contributed by atoms with Crippen LogP contribution in [0.3, 0.4) is 0 Å². The number of hydrogen-bond acceptors (Lipinski definition) is 4. The van der Waals surface area contributed by atoms with Gasteiger partial charge in [-0.25, -0.2) is 9.59 Å². The minimum atomic E-state index is -5.08. The largest absolute Gasteiger partial charge is 0.490 e. The van der Waals surface area contributed by atoms with Gasteiger partial charge >= 0.3 is 18.1 Å². The standard InChI is InChI=1S/C26H25ClN2O3.C2HF3O2/c27-21-8-6-20(7-9-21)25(30)28-24-11-10-22(17-23(24)26(31)32)29-14-12-19(13-15-29)16-18-4-2-1-3-5-18;3-2(4,5)1(6)7/h1-11,17,19H,12-16H2,(H,28,30)(H,31,32);(H,6,7). The van der Waals surface area contributed by atoms with Crippen LogP contribution in [0.1, 0.15) is 39.1 Å². The number of carboxylic acids is 2. The predicted molar refractivity (Wildman–Crippen MR) is 142 cm³/mol. The third-order valence-electron chi connectivity index (χ3n) is 6.18. The number of aromatic carboxylic acids is 1. The maximum Gasteiger partial charge on any atom is 0.490 e. The Morgan fingerprint density at radius 3 is 2.05 bits per heavy atom. The van der Waals surface area contributed by atoms with Crippen molar-refractivity contribution in [2.45, 2.75) is 25.4 Å². The molecule has 1 fully saturated rings. The van der Waals surface area contributed by atoms with Crippen molar-refractivity contribution in [1.82, 2.24) is 0 Å². The molecule has 4 rings (SSSR count). The second-order valence-corrected chi connectivity index (χ2v) is 9.36. The van der Waals surface area contributed by atoms with E-state index in [1.807, 2.05) is 12.1 Å². The Morgan fingerprint density at radius 1 is 0.923 bits per heavy atom. The number of rotatable bonds is 6. The summed E-state index contributed by atoms with van der Waals surface area (Å²) >= 11 is 5.87. The molecule has 1 heterocycles. The molecule has 0 aromatic heterocycles. The van der Waals surface area contributed by atoms with Gasteiger partial charge in [-0.05, 0) is 73.2 Å². The lowest BCUT2D eigenvalue weighted by Crippen LogP contribution is -2.34. The van der Waals surface area contributed by atoms with E-state index in [1.54, 1.807) is 36.4 Å². The van der Waals surface area contributed by atoms with Crippen LogP contribution in [0, 0.1) is 5.92 Å². The molecule has 1 saturated heterocycles. The Labute approximate surface area is 227 Å². The molecule has 0 atom stereocenters. The van der Waals surface area contributed by atoms with Crippen molar-refractivity contribution >= 4 is 40.8 Å². The van der Waals surface area contributed by atoms with Crippen LogP contribution in [-0.4, -0.2) is 47.3 Å². The summed E-state index contributed by atoms with van der Waals surface area (Å²) in [6.07, 6.45) is -1.89. The van der Waals surface area contributed by atoms with Crippen LogP contribution in [0.25, 0.3) is 0 Å². The van der Waals surface area contributed by atoms with Crippen LogP contribution < -0.4 is 10.2 Å². The number of nitrogens with zero attached hydrogens (tertiary/aromatic N) is 1. The van der Waals surface area contributed by atoms with Crippen molar-refractivity contribution < 1.29 is 37.8 Å². The van der Waals surface area contributed by atoms with Crippen LogP contribution >= 0.6 is 11.6 Å². The summed E-state index contributed by atoms with van der Waals surface area (Å²) in [6.45, 7) is 1.76. The van der Waals surface area contributed by atoms with Gasteiger partial charge in [-0.2, -0.15) is 13.2 Å². The van der Waals surface area contributed by atoms with E-state index in [0.29, 0.717) is 16.5 Å². The monoisotopic (exact) mass is 562 g/mol. The highest BCUT2D eigenvalue weighted by atomic mass is 35.5. The average Bonchev–Trinajstić information content (AvgIpc) is 2.90. The second-order valence-electron chi connectivity index (χ2n) is 8.92. The van der Waals surface area contributed by atoms with E-state index in [1.165, 1.54) is 5.56 Å². The van der Waals surface area contributed by atoms with Crippen LogP contribution in [0.5, 0.6) is 0 Å². The summed E-state index contributed by atoms with van der Waals surface area (Å²) in [7, 11) is 0. The number of carbonyl (C=O) groups is 3. The summed E-state index contributed by atoms with van der Waals surface area (Å²) in [5.74, 6) is -3.58. The zero-order chi connectivity index (χ0) is 28.6. The van der Waals surface area contributed by atoms with Crippen LogP contribution in [0.15, 0.2) is 72.8 Å². The SMILES string of the molecule is O=C(Nc1ccc(N2CCC(Cc3ccccc3)CC2)cc1C(=O)O)c1ccc(Cl)cc1.O=C(O)C(F)(F)F. The summed E-state index contributed by atoms with van der Waals surface area (Å²) in [5.41, 5.74) is 3.00. The lowest BCUT2D eigenvalue weighted by Gasteiger charge is -2.34. The van der Waals surface area contributed by atoms with Gasteiger partial charge in [0.2, 0.25) is 0 Å². The molecular formula is C28H26ClF3N2O5. The highest BCUT2D eigenvalue weighted by molar-refractivity contribution is 6.30. The molecule has 3 N–H and O–H groups in total. The summed E-state index contributed by atoms with van der Waals surface area (Å²) in [6, 6.07) is 22.2. The van der Waals surface area contributed by atoms with Gasteiger partial charge in [0, 0.05) is 29.4 Å². The molecule has 7 nitrogen and oxygen atoms in total. The quantitative estimate of drug-likeness (QED) is 0.322. The average molecular weight is 563 g/mol. The molecular weight excluding hydrogens is 537 g/mol. The van der Waals surface area contributed by atoms with E-state index >= 15 is 0 Å². The van der Waals surface area contributed by atoms with Crippen molar-refractivity contribution in [2.75, 3.05) is 23.3 Å². The number of benzene rings is 3. The Bertz CT molecular complexity index is 1290. The molecule has 0 radical (unpaired) electrons. The molecule has 0 aliphatic carbocycles. The van der Waals surface area contributed by atoms with Gasteiger partial charge in [0.05, 0.1) is 11.3 Å². The number of carboxylic acid groups (broad SMARTS) is 2. The fourth-order valence-corrected chi connectivity index (χ4v) is 4.28. The molecule has 0 saturated carbocycles. The van der Waals surface area contributed by atoms with Gasteiger partial charge < -0.3 is 20.4 Å². The number of hydrogen-bond donors (Lipinski definition) is 3. The molecule has 3 aromatic rings. The minimum Gasteiger partial charge on any atom is -0.478 e. The smallest absolute Gasteiger partial charge is 0.478 e. The van der Waals surface area contributed by atoms with Crippen LogP contribution in [-0.2, 0) is 11.2 Å². The predicted octanol–water partition coefficient (Wildman–Crippen LogP) is 6.38. The Hall–Kier alpha value is -4.05. The molecule has 3 aromatic carbocycles. The number of anilines is 2. The van der Waals surface area contributed by atoms with Gasteiger partial charge in [-0.3, -0.25) is 4.79 Å². The molecule has 1 aliphatic heterocycles. The number of aliphatic carboxylic acids is 1. The zero-order valence-electron chi connectivity index (χ0n) is 20.6. The third kappa shape index (κ3) is 8.75. The fourth-order valence-electron chi connectivity index (χ4n) is 4.15.